The molecule has 2 heterocycles. The summed E-state index contributed by atoms with van der Waals surface area (Å²) in [5.41, 5.74) is 1.68. The molecule has 0 N–H and O–H groups in total. The number of piperazine rings is 1. The average molecular weight is 565 g/mol. The standard InChI is InChI=1S/C29H29BF3N4O4/c1-41-27(39)17-23-5-3-2-4-21(23)10-11-25-24(29(31,32)33)18-34-26(35-25)16-20-6-8-22(9-7-20)28(40)36-12-14-37(15-13-36)30-19-38/h2-9,18-19H,10-17H2,1H3. The maximum atomic E-state index is 13.8. The van der Waals surface area contributed by atoms with Crippen LogP contribution in [0.1, 0.15) is 44.1 Å². The molecule has 1 fully saturated rings. The van der Waals surface area contributed by atoms with Crippen LogP contribution in [0, 0.1) is 0 Å². The molecule has 1 aliphatic rings. The molecule has 8 nitrogen and oxygen atoms in total. The van der Waals surface area contributed by atoms with Crippen molar-refractivity contribution < 1.29 is 32.3 Å². The van der Waals surface area contributed by atoms with Gasteiger partial charge in [-0.3, -0.25) is 9.59 Å². The van der Waals surface area contributed by atoms with Crippen molar-refractivity contribution in [2.45, 2.75) is 31.9 Å². The summed E-state index contributed by atoms with van der Waals surface area (Å²) in [5, 5.41) is 0. The molecule has 213 valence electrons. The summed E-state index contributed by atoms with van der Waals surface area (Å²) in [6, 6.07) is 13.9. The third-order valence-corrected chi connectivity index (χ3v) is 6.97. The topological polar surface area (TPSA) is 92.7 Å². The van der Waals surface area contributed by atoms with Gasteiger partial charge in [0.05, 0.1) is 31.0 Å². The molecule has 2 aromatic carbocycles. The van der Waals surface area contributed by atoms with Gasteiger partial charge in [-0.05, 0) is 41.7 Å². The van der Waals surface area contributed by atoms with Crippen LogP contribution in [0.4, 0.5) is 13.2 Å². The number of benzene rings is 2. The molecule has 1 amide bonds. The first-order chi connectivity index (χ1) is 19.7. The number of aryl methyl sites for hydroxylation is 2. The van der Waals surface area contributed by atoms with E-state index in [1.54, 1.807) is 53.4 Å². The lowest BCUT2D eigenvalue weighted by Gasteiger charge is -2.33. The van der Waals surface area contributed by atoms with Crippen LogP contribution in [0.3, 0.4) is 0 Å². The highest BCUT2D eigenvalue weighted by molar-refractivity contribution is 6.64. The molecule has 1 aliphatic heterocycles. The first-order valence-electron chi connectivity index (χ1n) is 13.1. The molecule has 0 unspecified atom stereocenters. The van der Waals surface area contributed by atoms with Crippen molar-refractivity contribution >= 4 is 25.5 Å². The smallest absolute Gasteiger partial charge is 0.419 e. The number of carbonyl (C=O) groups is 3. The van der Waals surface area contributed by atoms with E-state index < -0.39 is 17.7 Å². The van der Waals surface area contributed by atoms with Gasteiger partial charge in [0.25, 0.3) is 13.3 Å². The maximum absolute atomic E-state index is 13.8. The number of nitrogens with zero attached hydrogens (tertiary/aromatic N) is 4. The van der Waals surface area contributed by atoms with Crippen molar-refractivity contribution in [3.63, 3.8) is 0 Å². The number of halogens is 3. The zero-order chi connectivity index (χ0) is 29.4. The molecule has 0 saturated carbocycles. The number of ether oxygens (including phenoxy) is 1. The van der Waals surface area contributed by atoms with E-state index in [0.717, 1.165) is 23.5 Å². The number of esters is 1. The fourth-order valence-electron chi connectivity index (χ4n) is 4.72. The summed E-state index contributed by atoms with van der Waals surface area (Å²) >= 11 is 0. The molecule has 41 heavy (non-hydrogen) atoms. The quantitative estimate of drug-likeness (QED) is 0.212. The number of amides is 1. The van der Waals surface area contributed by atoms with E-state index in [1.807, 2.05) is 4.81 Å². The lowest BCUT2D eigenvalue weighted by Crippen LogP contribution is -2.50. The zero-order valence-corrected chi connectivity index (χ0v) is 22.6. The predicted octanol–water partition coefficient (Wildman–Crippen LogP) is 3.15. The largest absolute Gasteiger partial charge is 0.469 e. The number of rotatable bonds is 10. The Bertz CT molecular complexity index is 1380. The summed E-state index contributed by atoms with van der Waals surface area (Å²) in [4.78, 5) is 47.1. The molecule has 1 radical (unpaired) electrons. The SMILES string of the molecule is COC(=O)Cc1ccccc1CCc1nc(Cc2ccc(C(=O)N3CCN([B]C=O)CC3)cc2)ncc1C(F)(F)F. The molecule has 1 saturated heterocycles. The van der Waals surface area contributed by atoms with E-state index >= 15 is 0 Å². The van der Waals surface area contributed by atoms with Crippen molar-refractivity contribution in [1.82, 2.24) is 19.7 Å². The van der Waals surface area contributed by atoms with Gasteiger partial charge < -0.3 is 19.2 Å². The van der Waals surface area contributed by atoms with Gasteiger partial charge in [-0.15, -0.1) is 0 Å². The Balaban J connectivity index is 1.46. The fourth-order valence-corrected chi connectivity index (χ4v) is 4.72. The summed E-state index contributed by atoms with van der Waals surface area (Å²) in [5.74, 6) is -0.318. The van der Waals surface area contributed by atoms with Crippen LogP contribution in [0.25, 0.3) is 0 Å². The van der Waals surface area contributed by atoms with Gasteiger partial charge in [-0.1, -0.05) is 36.4 Å². The summed E-state index contributed by atoms with van der Waals surface area (Å²) in [7, 11) is 2.75. The second-order valence-electron chi connectivity index (χ2n) is 9.65. The second-order valence-corrected chi connectivity index (χ2v) is 9.65. The average Bonchev–Trinajstić information content (AvgIpc) is 2.97. The summed E-state index contributed by atoms with van der Waals surface area (Å²) in [6.45, 7) is 2.15. The predicted molar refractivity (Wildman–Crippen MR) is 146 cm³/mol. The molecule has 12 heteroatoms. The van der Waals surface area contributed by atoms with Crippen LogP contribution in [-0.4, -0.2) is 78.4 Å². The summed E-state index contributed by atoms with van der Waals surface area (Å²) < 4.78 is 46.0. The first kappa shape index (κ1) is 29.9. The van der Waals surface area contributed by atoms with Gasteiger partial charge >= 0.3 is 12.1 Å². The monoisotopic (exact) mass is 565 g/mol. The molecule has 0 aliphatic carbocycles. The molecular weight excluding hydrogens is 536 g/mol. The van der Waals surface area contributed by atoms with Gasteiger partial charge in [0.15, 0.2) is 0 Å². The van der Waals surface area contributed by atoms with Crippen LogP contribution in [0.5, 0.6) is 0 Å². The third-order valence-electron chi connectivity index (χ3n) is 6.97. The molecule has 3 aromatic rings. The summed E-state index contributed by atoms with van der Waals surface area (Å²) in [6.07, 6.45) is -2.58. The normalized spacial score (nSPS) is 14.0. The van der Waals surface area contributed by atoms with E-state index in [4.69, 9.17) is 4.74 Å². The Kier molecular flexibility index (Phi) is 9.88. The highest BCUT2D eigenvalue weighted by Crippen LogP contribution is 2.31. The van der Waals surface area contributed by atoms with Gasteiger partial charge in [0.2, 0.25) is 0 Å². The van der Waals surface area contributed by atoms with E-state index in [-0.39, 0.29) is 43.1 Å². The third kappa shape index (κ3) is 8.00. The highest BCUT2D eigenvalue weighted by Gasteiger charge is 2.35. The molecule has 1 aromatic heterocycles. The van der Waals surface area contributed by atoms with Crippen LogP contribution < -0.4 is 0 Å². The van der Waals surface area contributed by atoms with E-state index in [2.05, 4.69) is 9.97 Å². The maximum Gasteiger partial charge on any atom is 0.419 e. The lowest BCUT2D eigenvalue weighted by molar-refractivity contribution is -0.140. The van der Waals surface area contributed by atoms with Crippen LogP contribution in [-0.2, 0) is 46.2 Å². The lowest BCUT2D eigenvalue weighted by atomic mass is 9.93. The minimum Gasteiger partial charge on any atom is -0.469 e. The van der Waals surface area contributed by atoms with Gasteiger partial charge in [-0.25, -0.2) is 9.97 Å². The minimum atomic E-state index is -4.61. The van der Waals surface area contributed by atoms with Crippen molar-refractivity contribution in [3.05, 3.63) is 94.1 Å². The number of hydrogen-bond donors (Lipinski definition) is 0. The number of hydrogen-bond acceptors (Lipinski definition) is 7. The highest BCUT2D eigenvalue weighted by atomic mass is 19.4. The Morgan fingerprint density at radius 2 is 1.68 bits per heavy atom. The molecule has 0 atom stereocenters. The van der Waals surface area contributed by atoms with E-state index in [1.165, 1.54) is 14.5 Å². The van der Waals surface area contributed by atoms with Crippen LogP contribution in [0.15, 0.2) is 54.7 Å². The molecule has 4 rings (SSSR count). The van der Waals surface area contributed by atoms with Crippen molar-refractivity contribution in [3.8, 4) is 0 Å². The molecular formula is C29H29BF3N4O4. The number of methoxy groups -OCH3 is 1. The van der Waals surface area contributed by atoms with Crippen LogP contribution in [0.2, 0.25) is 0 Å². The van der Waals surface area contributed by atoms with E-state index in [0.29, 0.717) is 37.3 Å². The van der Waals surface area contributed by atoms with Gasteiger partial charge in [0.1, 0.15) is 5.82 Å². The first-order valence-corrected chi connectivity index (χ1v) is 13.1. The Morgan fingerprint density at radius 3 is 2.32 bits per heavy atom. The van der Waals surface area contributed by atoms with E-state index in [9.17, 15) is 27.6 Å². The zero-order valence-electron chi connectivity index (χ0n) is 22.6. The van der Waals surface area contributed by atoms with Gasteiger partial charge in [-0.2, -0.15) is 13.2 Å². The van der Waals surface area contributed by atoms with Crippen LogP contribution >= 0.6 is 0 Å². The number of alkyl halides is 3. The Hall–Kier alpha value is -4.06. The van der Waals surface area contributed by atoms with Crippen molar-refractivity contribution in [2.75, 3.05) is 33.3 Å². The van der Waals surface area contributed by atoms with Gasteiger partial charge in [0, 0.05) is 44.4 Å². The fraction of sp³-hybridized carbons (Fsp3) is 0.345. The molecule has 0 spiro atoms. The number of carbonyl (C=O) groups excluding carboxylic acids is 3. The van der Waals surface area contributed by atoms with Crippen molar-refractivity contribution in [2.24, 2.45) is 0 Å². The van der Waals surface area contributed by atoms with Crippen molar-refractivity contribution in [1.29, 1.82) is 0 Å². The number of aromatic nitrogens is 2. The minimum absolute atomic E-state index is 0.00780. The second kappa shape index (κ2) is 13.5. The Morgan fingerprint density at radius 1 is 1.00 bits per heavy atom. The Labute approximate surface area is 236 Å². The molecule has 0 bridgehead atoms.